The fourth-order valence-electron chi connectivity index (χ4n) is 3.43. The zero-order valence-electron chi connectivity index (χ0n) is 19.5. The standard InChI is InChI=1S/C23H25N5O6/c1-13-6-14(2)17(5)21(7-13)34-20-10-18(9-19(11-20)27(30)31)24-23(29)15(3)12-26-16(4)8-22(25-26)28(32)33/h6-11,15H,12H2,1-5H3,(H,24,29). The minimum Gasteiger partial charge on any atom is -0.457 e. The van der Waals surface area contributed by atoms with Gasteiger partial charge in [-0.1, -0.05) is 13.0 Å². The van der Waals surface area contributed by atoms with Crippen molar-refractivity contribution in [2.45, 2.75) is 41.2 Å². The van der Waals surface area contributed by atoms with E-state index >= 15 is 0 Å². The lowest BCUT2D eigenvalue weighted by molar-refractivity contribution is -0.389. The molecule has 0 saturated carbocycles. The largest absolute Gasteiger partial charge is 0.457 e. The smallest absolute Gasteiger partial charge is 0.390 e. The maximum Gasteiger partial charge on any atom is 0.390 e. The van der Waals surface area contributed by atoms with Gasteiger partial charge in [-0.2, -0.15) is 4.68 Å². The Balaban J connectivity index is 1.82. The molecule has 0 aliphatic carbocycles. The van der Waals surface area contributed by atoms with E-state index in [1.807, 2.05) is 32.9 Å². The van der Waals surface area contributed by atoms with Crippen LogP contribution >= 0.6 is 0 Å². The normalized spacial score (nSPS) is 11.7. The Bertz CT molecular complexity index is 1280. The van der Waals surface area contributed by atoms with Gasteiger partial charge in [0.25, 0.3) is 5.69 Å². The van der Waals surface area contributed by atoms with Gasteiger partial charge in [0.05, 0.1) is 46.0 Å². The number of amides is 1. The van der Waals surface area contributed by atoms with Crippen molar-refractivity contribution >= 4 is 23.1 Å². The molecule has 1 unspecified atom stereocenters. The molecule has 1 atom stereocenters. The van der Waals surface area contributed by atoms with Crippen LogP contribution in [-0.2, 0) is 11.3 Å². The SMILES string of the molecule is Cc1cc(C)c(C)c(Oc2cc(NC(=O)C(C)Cn3nc([N+](=O)[O-])cc3C)cc([N+](=O)[O-])c2)c1. The number of anilines is 1. The molecule has 1 N–H and O–H groups in total. The average Bonchev–Trinajstić information content (AvgIpc) is 3.12. The predicted molar refractivity (Wildman–Crippen MR) is 125 cm³/mol. The van der Waals surface area contributed by atoms with Crippen LogP contribution in [-0.4, -0.2) is 25.5 Å². The Morgan fingerprint density at radius 2 is 1.76 bits per heavy atom. The summed E-state index contributed by atoms with van der Waals surface area (Å²) in [4.78, 5) is 34.0. The van der Waals surface area contributed by atoms with Crippen molar-refractivity contribution in [2.75, 3.05) is 5.32 Å². The molecular formula is C23H25N5O6. The fraction of sp³-hybridized carbons (Fsp3) is 0.304. The van der Waals surface area contributed by atoms with Crippen molar-refractivity contribution in [1.29, 1.82) is 0 Å². The number of hydrogen-bond acceptors (Lipinski definition) is 7. The van der Waals surface area contributed by atoms with Crippen molar-refractivity contribution < 1.29 is 19.4 Å². The number of benzene rings is 2. The van der Waals surface area contributed by atoms with Crippen molar-refractivity contribution in [3.8, 4) is 11.5 Å². The highest BCUT2D eigenvalue weighted by Crippen LogP contribution is 2.33. The third kappa shape index (κ3) is 5.55. The summed E-state index contributed by atoms with van der Waals surface area (Å²) < 4.78 is 7.33. The van der Waals surface area contributed by atoms with E-state index in [1.54, 1.807) is 13.8 Å². The molecule has 0 aliphatic rings. The number of carbonyl (C=O) groups excluding carboxylic acids is 1. The zero-order chi connectivity index (χ0) is 25.2. The van der Waals surface area contributed by atoms with Gasteiger partial charge in [-0.3, -0.25) is 14.9 Å². The fourth-order valence-corrected chi connectivity index (χ4v) is 3.43. The van der Waals surface area contributed by atoms with Gasteiger partial charge in [-0.05, 0) is 55.4 Å². The Kier molecular flexibility index (Phi) is 6.94. The molecule has 0 radical (unpaired) electrons. The van der Waals surface area contributed by atoms with Gasteiger partial charge in [0, 0.05) is 12.1 Å². The van der Waals surface area contributed by atoms with E-state index in [2.05, 4.69) is 10.4 Å². The molecule has 0 aliphatic heterocycles. The Morgan fingerprint density at radius 1 is 1.06 bits per heavy atom. The molecule has 0 fully saturated rings. The van der Waals surface area contributed by atoms with E-state index in [4.69, 9.17) is 4.74 Å². The molecular weight excluding hydrogens is 442 g/mol. The molecule has 178 valence electrons. The summed E-state index contributed by atoms with van der Waals surface area (Å²) in [6.07, 6.45) is 0. The van der Waals surface area contributed by atoms with Crippen LogP contribution in [0.4, 0.5) is 17.2 Å². The van der Waals surface area contributed by atoms with Crippen LogP contribution in [0.1, 0.15) is 29.3 Å². The number of hydrogen-bond donors (Lipinski definition) is 1. The summed E-state index contributed by atoms with van der Waals surface area (Å²) in [7, 11) is 0. The van der Waals surface area contributed by atoms with Crippen molar-refractivity contribution in [2.24, 2.45) is 5.92 Å². The van der Waals surface area contributed by atoms with Gasteiger partial charge in [0.2, 0.25) is 5.91 Å². The maximum absolute atomic E-state index is 12.8. The Hall–Kier alpha value is -4.28. The number of rotatable bonds is 8. The topological polar surface area (TPSA) is 142 Å². The minimum atomic E-state index is -0.622. The number of nitro groups is 2. The number of nitrogens with zero attached hydrogens (tertiary/aromatic N) is 4. The highest BCUT2D eigenvalue weighted by Gasteiger charge is 2.22. The zero-order valence-corrected chi connectivity index (χ0v) is 19.5. The van der Waals surface area contributed by atoms with E-state index in [1.165, 1.54) is 28.9 Å². The van der Waals surface area contributed by atoms with Crippen LogP contribution in [0.2, 0.25) is 0 Å². The van der Waals surface area contributed by atoms with Crippen molar-refractivity contribution in [1.82, 2.24) is 9.78 Å². The Labute approximate surface area is 195 Å². The number of aromatic nitrogens is 2. The van der Waals surface area contributed by atoms with Crippen LogP contribution < -0.4 is 10.1 Å². The van der Waals surface area contributed by atoms with Gasteiger partial charge in [-0.15, -0.1) is 0 Å². The first-order chi connectivity index (χ1) is 15.9. The van der Waals surface area contributed by atoms with Crippen LogP contribution in [0.3, 0.4) is 0 Å². The molecule has 34 heavy (non-hydrogen) atoms. The van der Waals surface area contributed by atoms with E-state index in [-0.39, 0.29) is 29.5 Å². The number of nitrogens with one attached hydrogen (secondary N) is 1. The third-order valence-corrected chi connectivity index (χ3v) is 5.41. The monoisotopic (exact) mass is 467 g/mol. The molecule has 0 saturated heterocycles. The van der Waals surface area contributed by atoms with E-state index in [9.17, 15) is 25.0 Å². The van der Waals surface area contributed by atoms with Crippen molar-refractivity contribution in [3.63, 3.8) is 0 Å². The first-order valence-electron chi connectivity index (χ1n) is 10.5. The maximum atomic E-state index is 12.8. The lowest BCUT2D eigenvalue weighted by Gasteiger charge is -2.15. The highest BCUT2D eigenvalue weighted by atomic mass is 16.6. The molecule has 1 heterocycles. The van der Waals surface area contributed by atoms with Gasteiger partial charge in [0.15, 0.2) is 0 Å². The molecule has 11 heteroatoms. The molecule has 0 bridgehead atoms. The molecule has 3 rings (SSSR count). The summed E-state index contributed by atoms with van der Waals surface area (Å²) in [5.41, 5.74) is 3.42. The average molecular weight is 467 g/mol. The molecule has 3 aromatic rings. The van der Waals surface area contributed by atoms with Gasteiger partial charge >= 0.3 is 5.82 Å². The predicted octanol–water partition coefficient (Wildman–Crippen LogP) is 5.00. The van der Waals surface area contributed by atoms with Gasteiger partial charge in [0.1, 0.15) is 11.5 Å². The summed E-state index contributed by atoms with van der Waals surface area (Å²) in [6, 6.07) is 9.23. The van der Waals surface area contributed by atoms with E-state index in [0.717, 1.165) is 16.7 Å². The summed E-state index contributed by atoms with van der Waals surface area (Å²) in [6.45, 7) is 9.17. The second kappa shape index (κ2) is 9.69. The second-order valence-electron chi connectivity index (χ2n) is 8.25. The first kappa shape index (κ1) is 24.4. The van der Waals surface area contributed by atoms with E-state index in [0.29, 0.717) is 11.4 Å². The summed E-state index contributed by atoms with van der Waals surface area (Å²) >= 11 is 0. The number of aryl methyl sites for hydroxylation is 3. The van der Waals surface area contributed by atoms with Crippen LogP contribution in [0, 0.1) is 53.8 Å². The van der Waals surface area contributed by atoms with Crippen LogP contribution in [0.15, 0.2) is 36.4 Å². The highest BCUT2D eigenvalue weighted by molar-refractivity contribution is 5.92. The summed E-state index contributed by atoms with van der Waals surface area (Å²) in [5, 5.41) is 28.9. The molecule has 0 spiro atoms. The van der Waals surface area contributed by atoms with Crippen molar-refractivity contribution in [3.05, 3.63) is 79.0 Å². The summed E-state index contributed by atoms with van der Waals surface area (Å²) in [5.74, 6) is -0.564. The minimum absolute atomic E-state index is 0.103. The second-order valence-corrected chi connectivity index (χ2v) is 8.25. The number of nitro benzene ring substituents is 1. The third-order valence-electron chi connectivity index (χ3n) is 5.41. The van der Waals surface area contributed by atoms with Gasteiger partial charge in [-0.25, -0.2) is 0 Å². The quantitative estimate of drug-likeness (QED) is 0.363. The molecule has 11 nitrogen and oxygen atoms in total. The molecule has 1 aromatic heterocycles. The van der Waals surface area contributed by atoms with E-state index < -0.39 is 21.7 Å². The Morgan fingerprint density at radius 3 is 2.38 bits per heavy atom. The van der Waals surface area contributed by atoms with Crippen LogP contribution in [0.5, 0.6) is 11.5 Å². The molecule has 1 amide bonds. The number of ether oxygens (including phenoxy) is 1. The van der Waals surface area contributed by atoms with Gasteiger partial charge < -0.3 is 20.2 Å². The number of carbonyl (C=O) groups is 1. The number of non-ortho nitro benzene ring substituents is 1. The molecule has 2 aromatic carbocycles. The first-order valence-corrected chi connectivity index (χ1v) is 10.5. The lowest BCUT2D eigenvalue weighted by Crippen LogP contribution is -2.25. The van der Waals surface area contributed by atoms with Crippen LogP contribution in [0.25, 0.3) is 0 Å². The lowest BCUT2D eigenvalue weighted by atomic mass is 10.1.